The molecular weight excluding hydrogens is 188 g/mol. The molecule has 0 saturated carbocycles. The van der Waals surface area contributed by atoms with Gasteiger partial charge in [-0.25, -0.2) is 0 Å². The molecule has 78 valence electrons. The van der Waals surface area contributed by atoms with Crippen molar-refractivity contribution in [3.63, 3.8) is 0 Å². The number of hydrogen-bond acceptors (Lipinski definition) is 2. The summed E-state index contributed by atoms with van der Waals surface area (Å²) in [5.74, 6) is 0. The summed E-state index contributed by atoms with van der Waals surface area (Å²) in [6.07, 6.45) is 1.90. The largest absolute Gasteiger partial charge is 0.392 e. The Morgan fingerprint density at radius 2 is 2.20 bits per heavy atom. The summed E-state index contributed by atoms with van der Waals surface area (Å²) in [6.45, 7) is 2.08. The minimum atomic E-state index is 0.0711. The van der Waals surface area contributed by atoms with Crippen molar-refractivity contribution in [1.82, 2.24) is 4.98 Å². The van der Waals surface area contributed by atoms with Gasteiger partial charge in [-0.2, -0.15) is 0 Å². The lowest BCUT2D eigenvalue weighted by molar-refractivity contribution is 0.282. The molecule has 0 radical (unpaired) electrons. The first kappa shape index (κ1) is 9.80. The Morgan fingerprint density at radius 1 is 1.33 bits per heavy atom. The summed E-state index contributed by atoms with van der Waals surface area (Å²) >= 11 is 0. The highest BCUT2D eigenvalue weighted by Gasteiger charge is 1.99. The van der Waals surface area contributed by atoms with Crippen molar-refractivity contribution in [2.45, 2.75) is 13.5 Å². The van der Waals surface area contributed by atoms with Gasteiger partial charge in [-0.05, 0) is 30.7 Å². The van der Waals surface area contributed by atoms with E-state index in [1.54, 1.807) is 0 Å². The van der Waals surface area contributed by atoms with Gasteiger partial charge in [-0.1, -0.05) is 12.1 Å². The number of benzene rings is 1. The Morgan fingerprint density at radius 3 is 2.87 bits per heavy atom. The van der Waals surface area contributed by atoms with Crippen LogP contribution in [0.1, 0.15) is 11.3 Å². The Balaban J connectivity index is 2.21. The number of hydrogen-bond donors (Lipinski definition) is 3. The average molecular weight is 202 g/mol. The third-order valence-corrected chi connectivity index (χ3v) is 2.34. The lowest BCUT2D eigenvalue weighted by Crippen LogP contribution is -1.92. The molecule has 1 aromatic heterocycles. The van der Waals surface area contributed by atoms with Crippen LogP contribution in [-0.2, 0) is 6.61 Å². The van der Waals surface area contributed by atoms with Crippen LogP contribution in [0, 0.1) is 6.92 Å². The van der Waals surface area contributed by atoms with E-state index in [4.69, 9.17) is 5.11 Å². The molecule has 0 aliphatic heterocycles. The molecule has 0 spiro atoms. The van der Waals surface area contributed by atoms with Crippen LogP contribution < -0.4 is 5.32 Å². The van der Waals surface area contributed by atoms with Crippen LogP contribution in [0.25, 0.3) is 0 Å². The van der Waals surface area contributed by atoms with Crippen molar-refractivity contribution in [3.8, 4) is 0 Å². The van der Waals surface area contributed by atoms with Crippen LogP contribution in [0.4, 0.5) is 11.4 Å². The highest BCUT2D eigenvalue weighted by atomic mass is 16.3. The fourth-order valence-corrected chi connectivity index (χ4v) is 1.49. The van der Waals surface area contributed by atoms with E-state index in [2.05, 4.69) is 10.3 Å². The smallest absolute Gasteiger partial charge is 0.0682 e. The van der Waals surface area contributed by atoms with Gasteiger partial charge < -0.3 is 15.4 Å². The summed E-state index contributed by atoms with van der Waals surface area (Å²) in [4.78, 5) is 3.11. The number of aryl methyl sites for hydroxylation is 1. The molecule has 2 rings (SSSR count). The van der Waals surface area contributed by atoms with Crippen LogP contribution in [-0.4, -0.2) is 10.1 Å². The number of aliphatic hydroxyl groups is 1. The molecule has 0 bridgehead atoms. The second-order valence-corrected chi connectivity index (χ2v) is 3.50. The maximum Gasteiger partial charge on any atom is 0.0682 e. The molecule has 0 aliphatic rings. The van der Waals surface area contributed by atoms with Gasteiger partial charge in [-0.3, -0.25) is 0 Å². The van der Waals surface area contributed by atoms with Gasteiger partial charge in [0, 0.05) is 17.6 Å². The number of aliphatic hydroxyl groups excluding tert-OH is 1. The van der Waals surface area contributed by atoms with Crippen LogP contribution in [0.3, 0.4) is 0 Å². The molecular formula is C12H14N2O. The predicted octanol–water partition coefficient (Wildman–Crippen LogP) is 2.56. The van der Waals surface area contributed by atoms with E-state index in [1.165, 1.54) is 0 Å². The maximum atomic E-state index is 9.01. The van der Waals surface area contributed by atoms with E-state index in [9.17, 15) is 0 Å². The van der Waals surface area contributed by atoms with Crippen molar-refractivity contribution in [2.75, 3.05) is 5.32 Å². The summed E-state index contributed by atoms with van der Waals surface area (Å²) < 4.78 is 0. The van der Waals surface area contributed by atoms with E-state index in [0.29, 0.717) is 0 Å². The highest BCUT2D eigenvalue weighted by molar-refractivity contribution is 5.62. The van der Waals surface area contributed by atoms with Crippen molar-refractivity contribution in [1.29, 1.82) is 0 Å². The van der Waals surface area contributed by atoms with E-state index in [-0.39, 0.29) is 6.61 Å². The van der Waals surface area contributed by atoms with Gasteiger partial charge >= 0.3 is 0 Å². The first-order valence-corrected chi connectivity index (χ1v) is 4.90. The molecule has 0 fully saturated rings. The van der Waals surface area contributed by atoms with Crippen molar-refractivity contribution in [3.05, 3.63) is 47.8 Å². The van der Waals surface area contributed by atoms with Gasteiger partial charge in [0.25, 0.3) is 0 Å². The van der Waals surface area contributed by atoms with Crippen molar-refractivity contribution in [2.24, 2.45) is 0 Å². The fraction of sp³-hybridized carbons (Fsp3) is 0.167. The summed E-state index contributed by atoms with van der Waals surface area (Å²) in [7, 11) is 0. The second-order valence-electron chi connectivity index (χ2n) is 3.50. The van der Waals surface area contributed by atoms with E-state index in [0.717, 1.165) is 22.6 Å². The van der Waals surface area contributed by atoms with Gasteiger partial charge in [0.1, 0.15) is 0 Å². The monoisotopic (exact) mass is 202 g/mol. The lowest BCUT2D eigenvalue weighted by Gasteiger charge is -2.06. The summed E-state index contributed by atoms with van der Waals surface area (Å²) in [5, 5.41) is 12.3. The quantitative estimate of drug-likeness (QED) is 0.716. The number of anilines is 2. The number of rotatable bonds is 3. The topological polar surface area (TPSA) is 48.0 Å². The van der Waals surface area contributed by atoms with Crippen LogP contribution in [0.2, 0.25) is 0 Å². The zero-order valence-electron chi connectivity index (χ0n) is 8.62. The SMILES string of the molecule is Cc1[nH]ccc1Nc1cccc(CO)c1. The number of H-pyrrole nitrogens is 1. The Hall–Kier alpha value is -1.74. The Bertz CT molecular complexity index is 448. The molecule has 0 aliphatic carbocycles. The van der Waals surface area contributed by atoms with Gasteiger partial charge in [-0.15, -0.1) is 0 Å². The number of aromatic amines is 1. The Kier molecular flexibility index (Phi) is 2.74. The first-order valence-electron chi connectivity index (χ1n) is 4.90. The van der Waals surface area contributed by atoms with Gasteiger partial charge in [0.15, 0.2) is 0 Å². The minimum absolute atomic E-state index is 0.0711. The van der Waals surface area contributed by atoms with Crippen molar-refractivity contribution < 1.29 is 5.11 Å². The number of nitrogens with one attached hydrogen (secondary N) is 2. The number of aromatic nitrogens is 1. The molecule has 0 saturated heterocycles. The molecule has 1 aromatic carbocycles. The molecule has 3 nitrogen and oxygen atoms in total. The zero-order valence-corrected chi connectivity index (χ0v) is 8.62. The fourth-order valence-electron chi connectivity index (χ4n) is 1.49. The molecule has 0 amide bonds. The highest BCUT2D eigenvalue weighted by Crippen LogP contribution is 2.20. The molecule has 15 heavy (non-hydrogen) atoms. The molecule has 3 heteroatoms. The molecule has 0 atom stereocenters. The van der Waals surface area contributed by atoms with E-state index in [1.807, 2.05) is 43.5 Å². The van der Waals surface area contributed by atoms with Crippen LogP contribution >= 0.6 is 0 Å². The molecule has 3 N–H and O–H groups in total. The average Bonchev–Trinajstić information content (AvgIpc) is 2.65. The summed E-state index contributed by atoms with van der Waals surface area (Å²) in [5.41, 5.74) is 4.06. The first-order chi connectivity index (χ1) is 7.29. The maximum absolute atomic E-state index is 9.01. The zero-order chi connectivity index (χ0) is 10.7. The standard InChI is InChI=1S/C12H14N2O/c1-9-12(5-6-13-9)14-11-4-2-3-10(7-11)8-15/h2-7,13-15H,8H2,1H3. The normalized spacial score (nSPS) is 10.3. The van der Waals surface area contributed by atoms with Crippen LogP contribution in [0.5, 0.6) is 0 Å². The van der Waals surface area contributed by atoms with Gasteiger partial charge in [0.05, 0.1) is 12.3 Å². The molecule has 0 unspecified atom stereocenters. The Labute approximate surface area is 88.8 Å². The lowest BCUT2D eigenvalue weighted by atomic mass is 10.2. The van der Waals surface area contributed by atoms with E-state index >= 15 is 0 Å². The third kappa shape index (κ3) is 2.19. The predicted molar refractivity (Wildman–Crippen MR) is 61.2 cm³/mol. The molecule has 1 heterocycles. The van der Waals surface area contributed by atoms with Gasteiger partial charge in [0.2, 0.25) is 0 Å². The van der Waals surface area contributed by atoms with E-state index < -0.39 is 0 Å². The summed E-state index contributed by atoms with van der Waals surface area (Å²) in [6, 6.07) is 9.73. The van der Waals surface area contributed by atoms with Crippen LogP contribution in [0.15, 0.2) is 36.5 Å². The van der Waals surface area contributed by atoms with Crippen molar-refractivity contribution >= 4 is 11.4 Å². The third-order valence-electron chi connectivity index (χ3n) is 2.34. The molecule has 2 aromatic rings. The minimum Gasteiger partial charge on any atom is -0.392 e. The second kappa shape index (κ2) is 4.19.